The van der Waals surface area contributed by atoms with E-state index in [4.69, 9.17) is 24.2 Å². The minimum Gasteiger partial charge on any atom is -0.460 e. The maximum atomic E-state index is 15.5. The maximum absolute atomic E-state index is 15.5. The van der Waals surface area contributed by atoms with Crippen molar-refractivity contribution < 1.29 is 28.2 Å². The molecule has 5 aliphatic rings. The van der Waals surface area contributed by atoms with E-state index < -0.39 is 12.1 Å². The monoisotopic (exact) mass is 924 g/mol. The molecule has 0 radical (unpaired) electrons. The Morgan fingerprint density at radius 1 is 1.06 bits per heavy atom. The number of carbonyl (C=O) groups excluding carboxylic acids is 2. The van der Waals surface area contributed by atoms with E-state index in [1.807, 2.05) is 32.0 Å². The van der Waals surface area contributed by atoms with Gasteiger partial charge in [0.2, 0.25) is 5.91 Å². The lowest BCUT2D eigenvalue weighted by Gasteiger charge is -2.31. The lowest BCUT2D eigenvalue weighted by molar-refractivity contribution is -0.139. The number of anilines is 1. The van der Waals surface area contributed by atoms with Gasteiger partial charge in [-0.05, 0) is 96.9 Å². The molecule has 2 aromatic carbocycles. The summed E-state index contributed by atoms with van der Waals surface area (Å²) in [5.41, 5.74) is 6.42. The third-order valence-electron chi connectivity index (χ3n) is 14.6. The van der Waals surface area contributed by atoms with Crippen LogP contribution in [-0.4, -0.2) is 109 Å². The Balaban J connectivity index is 0.940. The number of fused-ring (bicyclic) bond motifs is 6. The molecule has 1 amide bonds. The van der Waals surface area contributed by atoms with Crippen molar-refractivity contribution in [2.75, 3.05) is 37.7 Å². The molecule has 354 valence electrons. The molecule has 1 saturated carbocycles. The minimum absolute atomic E-state index is 0.0893. The van der Waals surface area contributed by atoms with Gasteiger partial charge in [0.15, 0.2) is 5.52 Å². The number of aldehydes is 1. The Morgan fingerprint density at radius 3 is 2.65 bits per heavy atom. The summed E-state index contributed by atoms with van der Waals surface area (Å²) >= 11 is 0. The molecular weight excluding hydrogens is 868 g/mol. The van der Waals surface area contributed by atoms with E-state index in [9.17, 15) is 14.4 Å². The predicted molar refractivity (Wildman–Crippen MR) is 256 cm³/mol. The molecule has 11 rings (SSSR count). The second kappa shape index (κ2) is 18.0. The third-order valence-corrected chi connectivity index (χ3v) is 14.6. The van der Waals surface area contributed by atoms with Crippen molar-refractivity contribution in [1.29, 1.82) is 0 Å². The molecule has 5 fully saturated rings. The molecule has 16 nitrogen and oxygen atoms in total. The second-order valence-corrected chi connectivity index (χ2v) is 19.6. The molecule has 4 aliphatic heterocycles. The standard InChI is InChI=1S/C51H57FN10O6/c1-27(2)47(50(65)60-13-5-6-33(60)24-63)62-23-40-36-10-7-30(16-42(36)55-49(64)46(40)59-62)25-67-26-44-38(18-37(31-8-9-31)28(3)45-29(4)41(52)19-43-39(45)21-54-58-43)48(61-22-32-17-34(61)20-53-32)57-51(56-44)68-35-11-14-66-15-12-35/h7,10,16,18-19,21,23-24,27,31-35,47,53H,3,5-6,8-9,11-15,17,20,22,25-26H2,1-2,4H3,(H,54,58)(H,55,64)/b37-18+. The number of pyridine rings is 1. The highest BCUT2D eigenvalue weighted by molar-refractivity contribution is 6.04. The van der Waals surface area contributed by atoms with Crippen molar-refractivity contribution in [2.45, 2.75) is 109 Å². The first-order chi connectivity index (χ1) is 33.0. The predicted octanol–water partition coefficient (Wildman–Crippen LogP) is 6.71. The first-order valence-electron chi connectivity index (χ1n) is 24.1. The van der Waals surface area contributed by atoms with E-state index >= 15 is 4.39 Å². The van der Waals surface area contributed by atoms with E-state index in [0.717, 1.165) is 102 Å². The Morgan fingerprint density at radius 2 is 1.90 bits per heavy atom. The van der Waals surface area contributed by atoms with Crippen LogP contribution >= 0.6 is 0 Å². The molecule has 4 aromatic heterocycles. The molecule has 68 heavy (non-hydrogen) atoms. The first kappa shape index (κ1) is 44.2. The SMILES string of the molecule is C=C(/C(=C\c1c(COCc2ccc3c(c2)[nH]c(=O)c2nn(C(C(=O)N4CCCC4C=O)C(C)C)cc23)nc(OC2CCOCC2)nc1N1CC2CC1CN2)C1CC1)c1c(C)c(F)cc2[nH]ncc12. The van der Waals surface area contributed by atoms with Crippen LogP contribution in [0.15, 0.2) is 53.6 Å². The third kappa shape index (κ3) is 8.17. The van der Waals surface area contributed by atoms with E-state index in [0.29, 0.717) is 65.9 Å². The average molecular weight is 925 g/mol. The van der Waals surface area contributed by atoms with Gasteiger partial charge in [-0.1, -0.05) is 32.6 Å². The number of ether oxygens (including phenoxy) is 3. The van der Waals surface area contributed by atoms with Crippen molar-refractivity contribution in [3.63, 3.8) is 0 Å². The van der Waals surface area contributed by atoms with Crippen LogP contribution in [0.5, 0.6) is 6.01 Å². The number of hydrogen-bond donors (Lipinski definition) is 3. The van der Waals surface area contributed by atoms with E-state index in [1.54, 1.807) is 28.9 Å². The van der Waals surface area contributed by atoms with Crippen LogP contribution in [-0.2, 0) is 32.3 Å². The summed E-state index contributed by atoms with van der Waals surface area (Å²) < 4.78 is 35.9. The summed E-state index contributed by atoms with van der Waals surface area (Å²) in [7, 11) is 0. The maximum Gasteiger partial charge on any atom is 0.318 e. The zero-order valence-electron chi connectivity index (χ0n) is 38.7. The van der Waals surface area contributed by atoms with Crippen LogP contribution in [0.4, 0.5) is 10.2 Å². The fourth-order valence-electron chi connectivity index (χ4n) is 10.9. The number of nitrogens with one attached hydrogen (secondary N) is 3. The number of benzene rings is 2. The number of piperazine rings is 1. The van der Waals surface area contributed by atoms with Gasteiger partial charge in [0.25, 0.3) is 5.56 Å². The summed E-state index contributed by atoms with van der Waals surface area (Å²) in [6.07, 6.45) is 12.3. The van der Waals surface area contributed by atoms with E-state index in [2.05, 4.69) is 43.2 Å². The zero-order valence-corrected chi connectivity index (χ0v) is 38.7. The number of likely N-dealkylation sites (tertiary alicyclic amines) is 1. The summed E-state index contributed by atoms with van der Waals surface area (Å²) in [5.74, 6) is 0.368. The molecule has 6 aromatic rings. The topological polar surface area (TPSA) is 185 Å². The molecule has 4 saturated heterocycles. The minimum atomic E-state index is -0.677. The van der Waals surface area contributed by atoms with Gasteiger partial charge < -0.3 is 39.1 Å². The van der Waals surface area contributed by atoms with Crippen LogP contribution in [0.25, 0.3) is 44.4 Å². The highest BCUT2D eigenvalue weighted by atomic mass is 19.1. The second-order valence-electron chi connectivity index (χ2n) is 19.6. The van der Waals surface area contributed by atoms with Gasteiger partial charge in [0.1, 0.15) is 30.1 Å². The summed E-state index contributed by atoms with van der Waals surface area (Å²) in [6, 6.07) is 7.05. The van der Waals surface area contributed by atoms with Gasteiger partial charge >= 0.3 is 6.01 Å². The van der Waals surface area contributed by atoms with Gasteiger partial charge in [-0.3, -0.25) is 19.4 Å². The number of hydrogen-bond acceptors (Lipinski definition) is 12. The van der Waals surface area contributed by atoms with E-state index in [-0.39, 0.29) is 60.0 Å². The summed E-state index contributed by atoms with van der Waals surface area (Å²) in [6.45, 7) is 14.0. The highest BCUT2D eigenvalue weighted by Crippen LogP contribution is 2.47. The van der Waals surface area contributed by atoms with Gasteiger partial charge in [0.05, 0.1) is 49.9 Å². The van der Waals surface area contributed by atoms with Gasteiger partial charge in [-0.25, -0.2) is 4.39 Å². The Bertz CT molecular complexity index is 3060. The Kier molecular flexibility index (Phi) is 11.7. The van der Waals surface area contributed by atoms with Crippen LogP contribution in [0.3, 0.4) is 0 Å². The molecule has 4 atom stereocenters. The molecule has 0 spiro atoms. The van der Waals surface area contributed by atoms with E-state index in [1.165, 1.54) is 6.07 Å². The normalized spacial score (nSPS) is 21.5. The van der Waals surface area contributed by atoms with Crippen molar-refractivity contribution in [3.8, 4) is 6.01 Å². The van der Waals surface area contributed by atoms with Gasteiger partial charge in [-0.2, -0.15) is 20.2 Å². The number of allylic oxidation sites excluding steroid dienone is 2. The quantitative estimate of drug-likeness (QED) is 0.0732. The number of aromatic amines is 2. The number of amides is 1. The number of carbonyl (C=O) groups is 2. The van der Waals surface area contributed by atoms with Gasteiger partial charge in [-0.15, -0.1) is 0 Å². The number of rotatable bonds is 15. The first-order valence-corrected chi connectivity index (χ1v) is 24.1. The van der Waals surface area contributed by atoms with Crippen molar-refractivity contribution in [1.82, 2.24) is 45.1 Å². The summed E-state index contributed by atoms with van der Waals surface area (Å²) in [5, 5.41) is 17.7. The van der Waals surface area contributed by atoms with Crippen molar-refractivity contribution in [3.05, 3.63) is 92.9 Å². The lowest BCUT2D eigenvalue weighted by Crippen LogP contribution is -2.44. The Hall–Kier alpha value is -6.30. The molecule has 17 heteroatoms. The van der Waals surface area contributed by atoms with Crippen molar-refractivity contribution >= 4 is 62.4 Å². The summed E-state index contributed by atoms with van der Waals surface area (Å²) in [4.78, 5) is 56.6. The van der Waals surface area contributed by atoms with Gasteiger partial charge in [0, 0.05) is 78.0 Å². The van der Waals surface area contributed by atoms with Crippen molar-refractivity contribution in [2.24, 2.45) is 11.8 Å². The van der Waals surface area contributed by atoms with Crippen LogP contribution in [0, 0.1) is 24.6 Å². The number of H-pyrrole nitrogens is 2. The molecule has 4 unspecified atom stereocenters. The lowest BCUT2D eigenvalue weighted by atomic mass is 9.89. The van der Waals surface area contributed by atoms with Crippen LogP contribution in [0.1, 0.15) is 92.8 Å². The molecule has 8 heterocycles. The fraction of sp³-hybridized carbons (Fsp3) is 0.471. The highest BCUT2D eigenvalue weighted by Gasteiger charge is 2.41. The number of nitrogens with zero attached hydrogens (tertiary/aromatic N) is 7. The molecule has 1 aliphatic carbocycles. The zero-order chi connectivity index (χ0) is 46.8. The number of halogens is 1. The van der Waals surface area contributed by atoms with Crippen LogP contribution < -0.4 is 20.5 Å². The Labute approximate surface area is 392 Å². The largest absolute Gasteiger partial charge is 0.460 e. The molecule has 2 bridgehead atoms. The average Bonchev–Trinajstić information content (AvgIpc) is 3.87. The fourth-order valence-corrected chi connectivity index (χ4v) is 10.9. The van der Waals surface area contributed by atoms with Crippen LogP contribution in [0.2, 0.25) is 0 Å². The smallest absolute Gasteiger partial charge is 0.318 e. The number of aromatic nitrogens is 7. The molecular formula is C51H57FN10O6. The molecule has 3 N–H and O–H groups in total.